The molecule has 0 N–H and O–H groups in total. The Kier molecular flexibility index (Phi) is 3.37. The van der Waals surface area contributed by atoms with E-state index >= 15 is 0 Å². The Bertz CT molecular complexity index is 621. The fraction of sp³-hybridized carbons (Fsp3) is 0.688. The van der Waals surface area contributed by atoms with Gasteiger partial charge in [-0.2, -0.15) is 9.61 Å². The maximum atomic E-state index is 4.59. The highest BCUT2D eigenvalue weighted by Gasteiger charge is 2.29. The third-order valence-electron chi connectivity index (χ3n) is 5.16. The van der Waals surface area contributed by atoms with Crippen LogP contribution in [0.3, 0.4) is 0 Å². The molecule has 2 fully saturated rings. The van der Waals surface area contributed by atoms with Crippen LogP contribution in [0.5, 0.6) is 0 Å². The first kappa shape index (κ1) is 13.2. The van der Waals surface area contributed by atoms with Gasteiger partial charge >= 0.3 is 0 Å². The first-order valence-corrected chi connectivity index (χ1v) is 8.24. The number of fused-ring (bicyclic) bond motifs is 1. The van der Waals surface area contributed by atoms with Crippen LogP contribution in [0.25, 0.3) is 5.65 Å². The summed E-state index contributed by atoms with van der Waals surface area (Å²) in [6, 6.07) is 4.85. The predicted octanol–water partition coefficient (Wildman–Crippen LogP) is 2.55. The van der Waals surface area contributed by atoms with Crippen molar-refractivity contribution < 1.29 is 0 Å². The van der Waals surface area contributed by atoms with Gasteiger partial charge in [-0.3, -0.25) is 0 Å². The molecule has 0 spiro atoms. The fourth-order valence-electron chi connectivity index (χ4n) is 3.94. The van der Waals surface area contributed by atoms with Gasteiger partial charge in [0.15, 0.2) is 11.5 Å². The van der Waals surface area contributed by atoms with Gasteiger partial charge in [0.25, 0.3) is 0 Å². The molecule has 0 aromatic carbocycles. The molecule has 5 heteroatoms. The fourth-order valence-corrected chi connectivity index (χ4v) is 3.94. The van der Waals surface area contributed by atoms with Crippen LogP contribution < -0.4 is 0 Å². The zero-order valence-electron chi connectivity index (χ0n) is 12.7. The average Bonchev–Trinajstić information content (AvgIpc) is 3.16. The first-order chi connectivity index (χ1) is 10.3. The van der Waals surface area contributed by atoms with E-state index in [9.17, 15) is 0 Å². The smallest absolute Gasteiger partial charge is 0.177 e. The minimum Gasteiger partial charge on any atom is -0.300 e. The minimum absolute atomic E-state index is 0.506. The number of likely N-dealkylation sites (tertiary alicyclic amines) is 1. The molecule has 1 aliphatic heterocycles. The zero-order valence-corrected chi connectivity index (χ0v) is 12.7. The van der Waals surface area contributed by atoms with E-state index in [1.54, 1.807) is 0 Å². The lowest BCUT2D eigenvalue weighted by molar-refractivity contribution is 0.151. The molecule has 0 amide bonds. The maximum Gasteiger partial charge on any atom is 0.177 e. The summed E-state index contributed by atoms with van der Waals surface area (Å²) >= 11 is 0. The molecule has 0 unspecified atom stereocenters. The normalized spacial score (nSPS) is 22.3. The lowest BCUT2D eigenvalue weighted by atomic mass is 9.95. The Labute approximate surface area is 125 Å². The minimum atomic E-state index is 0.506. The number of hydrogen-bond donors (Lipinski definition) is 0. The van der Waals surface area contributed by atoms with Crippen LogP contribution in [-0.4, -0.2) is 43.8 Å². The van der Waals surface area contributed by atoms with Crippen molar-refractivity contribution in [3.8, 4) is 0 Å². The lowest BCUT2D eigenvalue weighted by Crippen LogP contribution is -2.39. The van der Waals surface area contributed by atoms with Crippen molar-refractivity contribution in [1.29, 1.82) is 0 Å². The molecule has 1 aliphatic carbocycles. The first-order valence-electron chi connectivity index (χ1n) is 8.24. The van der Waals surface area contributed by atoms with Gasteiger partial charge in [-0.25, -0.2) is 0 Å². The SMILES string of the molecule is Cc1ccc2nnc(C3CCN(C4CCCC4)CC3)n2n1. The van der Waals surface area contributed by atoms with Crippen molar-refractivity contribution in [2.45, 2.75) is 57.4 Å². The number of aromatic nitrogens is 4. The molecular formula is C16H23N5. The zero-order chi connectivity index (χ0) is 14.2. The third kappa shape index (κ3) is 2.44. The summed E-state index contributed by atoms with van der Waals surface area (Å²) in [4.78, 5) is 2.70. The number of hydrogen-bond acceptors (Lipinski definition) is 4. The largest absolute Gasteiger partial charge is 0.300 e. The maximum absolute atomic E-state index is 4.59. The van der Waals surface area contributed by atoms with Crippen molar-refractivity contribution in [3.05, 3.63) is 23.7 Å². The Morgan fingerprint density at radius 2 is 1.76 bits per heavy atom. The second-order valence-corrected chi connectivity index (χ2v) is 6.55. The molecule has 0 bridgehead atoms. The topological polar surface area (TPSA) is 46.3 Å². The van der Waals surface area contributed by atoms with Gasteiger partial charge in [0.2, 0.25) is 0 Å². The molecule has 2 aromatic heterocycles. The number of piperidine rings is 1. The molecule has 21 heavy (non-hydrogen) atoms. The quantitative estimate of drug-likeness (QED) is 0.850. The van der Waals surface area contributed by atoms with Crippen molar-refractivity contribution in [1.82, 2.24) is 24.7 Å². The molecule has 5 nitrogen and oxygen atoms in total. The Balaban J connectivity index is 1.50. The Morgan fingerprint density at radius 1 is 1.00 bits per heavy atom. The molecule has 0 atom stereocenters. The molecule has 3 heterocycles. The second-order valence-electron chi connectivity index (χ2n) is 6.55. The van der Waals surface area contributed by atoms with Crippen LogP contribution in [0.2, 0.25) is 0 Å². The number of rotatable bonds is 2. The van der Waals surface area contributed by atoms with Gasteiger partial charge in [-0.05, 0) is 57.8 Å². The molecular weight excluding hydrogens is 262 g/mol. The Hall–Kier alpha value is -1.49. The van der Waals surface area contributed by atoms with Gasteiger partial charge in [-0.15, -0.1) is 10.2 Å². The summed E-state index contributed by atoms with van der Waals surface area (Å²) in [5.74, 6) is 1.56. The van der Waals surface area contributed by atoms with Crippen LogP contribution in [0.1, 0.15) is 56.0 Å². The summed E-state index contributed by atoms with van der Waals surface area (Å²) in [6.07, 6.45) is 8.02. The highest BCUT2D eigenvalue weighted by Crippen LogP contribution is 2.31. The summed E-state index contributed by atoms with van der Waals surface area (Å²) in [5, 5.41) is 13.3. The summed E-state index contributed by atoms with van der Waals surface area (Å²) in [6.45, 7) is 4.43. The monoisotopic (exact) mass is 285 g/mol. The van der Waals surface area contributed by atoms with Crippen LogP contribution in [0.15, 0.2) is 12.1 Å². The predicted molar refractivity (Wildman–Crippen MR) is 81.3 cm³/mol. The van der Waals surface area contributed by atoms with E-state index in [1.807, 2.05) is 23.6 Å². The van der Waals surface area contributed by atoms with E-state index in [-0.39, 0.29) is 0 Å². The summed E-state index contributed by atoms with van der Waals surface area (Å²) in [7, 11) is 0. The molecule has 112 valence electrons. The summed E-state index contributed by atoms with van der Waals surface area (Å²) in [5.41, 5.74) is 1.89. The van der Waals surface area contributed by atoms with Crippen LogP contribution in [-0.2, 0) is 0 Å². The molecule has 2 aromatic rings. The van der Waals surface area contributed by atoms with Crippen LogP contribution in [0.4, 0.5) is 0 Å². The Morgan fingerprint density at radius 3 is 2.52 bits per heavy atom. The van der Waals surface area contributed by atoms with Crippen molar-refractivity contribution in [3.63, 3.8) is 0 Å². The van der Waals surface area contributed by atoms with Gasteiger partial charge in [0.1, 0.15) is 0 Å². The van der Waals surface area contributed by atoms with Crippen LogP contribution in [0, 0.1) is 6.92 Å². The molecule has 1 saturated carbocycles. The molecule has 0 radical (unpaired) electrons. The number of aryl methyl sites for hydroxylation is 1. The van der Waals surface area contributed by atoms with E-state index in [1.165, 1.54) is 51.6 Å². The summed E-state index contributed by atoms with van der Waals surface area (Å²) < 4.78 is 1.95. The van der Waals surface area contributed by atoms with E-state index in [0.29, 0.717) is 5.92 Å². The van der Waals surface area contributed by atoms with Crippen molar-refractivity contribution in [2.24, 2.45) is 0 Å². The van der Waals surface area contributed by atoms with Gasteiger partial charge in [0, 0.05) is 12.0 Å². The molecule has 2 aliphatic rings. The molecule has 1 saturated heterocycles. The number of nitrogens with zero attached hydrogens (tertiary/aromatic N) is 5. The third-order valence-corrected chi connectivity index (χ3v) is 5.16. The van der Waals surface area contributed by atoms with Gasteiger partial charge in [0.05, 0.1) is 5.69 Å². The van der Waals surface area contributed by atoms with E-state index in [0.717, 1.165) is 23.2 Å². The van der Waals surface area contributed by atoms with E-state index < -0.39 is 0 Å². The van der Waals surface area contributed by atoms with Crippen LogP contribution >= 0.6 is 0 Å². The molecule has 4 rings (SSSR count). The highest BCUT2D eigenvalue weighted by molar-refractivity contribution is 5.36. The van der Waals surface area contributed by atoms with Crippen molar-refractivity contribution in [2.75, 3.05) is 13.1 Å². The average molecular weight is 285 g/mol. The standard InChI is InChI=1S/C16H23N5/c1-12-6-7-15-17-18-16(21(15)19-12)13-8-10-20(11-9-13)14-4-2-3-5-14/h6-7,13-14H,2-5,8-11H2,1H3. The van der Waals surface area contributed by atoms with Gasteiger partial charge in [-0.1, -0.05) is 12.8 Å². The van der Waals surface area contributed by atoms with Crippen molar-refractivity contribution >= 4 is 5.65 Å². The van der Waals surface area contributed by atoms with E-state index in [2.05, 4.69) is 20.2 Å². The highest BCUT2D eigenvalue weighted by atomic mass is 15.4. The lowest BCUT2D eigenvalue weighted by Gasteiger charge is -2.35. The van der Waals surface area contributed by atoms with E-state index in [4.69, 9.17) is 0 Å². The van der Waals surface area contributed by atoms with Gasteiger partial charge < -0.3 is 4.90 Å². The second kappa shape index (κ2) is 5.37.